The van der Waals surface area contributed by atoms with Crippen LogP contribution in [0.3, 0.4) is 0 Å². The molecule has 1 aliphatic carbocycles. The van der Waals surface area contributed by atoms with E-state index in [1.165, 1.54) is 0 Å². The molecule has 0 aliphatic heterocycles. The lowest BCUT2D eigenvalue weighted by Crippen LogP contribution is -2.14. The number of pyridine rings is 1. The minimum absolute atomic E-state index is 0.234. The molecule has 1 fully saturated rings. The van der Waals surface area contributed by atoms with E-state index in [-0.39, 0.29) is 5.91 Å². The van der Waals surface area contributed by atoms with E-state index >= 15 is 0 Å². The van der Waals surface area contributed by atoms with E-state index in [2.05, 4.69) is 15.5 Å². The molecule has 0 radical (unpaired) electrons. The molecule has 1 N–H and O–H groups in total. The van der Waals surface area contributed by atoms with Gasteiger partial charge in [0.2, 0.25) is 0 Å². The Morgan fingerprint density at radius 3 is 2.68 bits per heavy atom. The van der Waals surface area contributed by atoms with E-state index in [4.69, 9.17) is 9.26 Å². The standard InChI is InChI=1S/C25H23N3O3/c1-2-14-30-21-11-7-6-10-19(21)26-24(29)18-15-20(16-12-13-16)27-25-22(18)23(28-31-25)17-8-4-3-5-9-17/h3-11,15-16H,2,12-14H2,1H3,(H,26,29). The van der Waals surface area contributed by atoms with Crippen molar-refractivity contribution in [2.45, 2.75) is 32.1 Å². The predicted octanol–water partition coefficient (Wildman–Crippen LogP) is 5.81. The molecular formula is C25H23N3O3. The van der Waals surface area contributed by atoms with Gasteiger partial charge in [-0.3, -0.25) is 4.79 Å². The predicted molar refractivity (Wildman–Crippen MR) is 119 cm³/mol. The van der Waals surface area contributed by atoms with Crippen LogP contribution in [0.5, 0.6) is 5.75 Å². The highest BCUT2D eigenvalue weighted by molar-refractivity contribution is 6.15. The number of carbonyl (C=O) groups excluding carboxylic acids is 1. The van der Waals surface area contributed by atoms with Gasteiger partial charge in [-0.05, 0) is 37.5 Å². The fraction of sp³-hybridized carbons (Fsp3) is 0.240. The van der Waals surface area contributed by atoms with Crippen LogP contribution in [-0.4, -0.2) is 22.7 Å². The molecule has 1 saturated carbocycles. The molecule has 4 aromatic rings. The summed E-state index contributed by atoms with van der Waals surface area (Å²) >= 11 is 0. The largest absolute Gasteiger partial charge is 0.491 e. The average Bonchev–Trinajstić information content (AvgIpc) is 3.57. The molecule has 2 aromatic heterocycles. The smallest absolute Gasteiger partial charge is 0.259 e. The van der Waals surface area contributed by atoms with E-state index in [1.54, 1.807) is 0 Å². The van der Waals surface area contributed by atoms with Crippen molar-refractivity contribution in [3.05, 3.63) is 71.9 Å². The third kappa shape index (κ3) is 3.89. The lowest BCUT2D eigenvalue weighted by atomic mass is 10.0. The second kappa shape index (κ2) is 8.22. The molecule has 0 spiro atoms. The number of fused-ring (bicyclic) bond motifs is 1. The van der Waals surface area contributed by atoms with Crippen molar-refractivity contribution in [3.63, 3.8) is 0 Å². The van der Waals surface area contributed by atoms with Crippen LogP contribution >= 0.6 is 0 Å². The number of benzene rings is 2. The number of rotatable bonds is 7. The summed E-state index contributed by atoms with van der Waals surface area (Å²) in [7, 11) is 0. The maximum Gasteiger partial charge on any atom is 0.259 e. The lowest BCUT2D eigenvalue weighted by molar-refractivity contribution is 0.102. The van der Waals surface area contributed by atoms with Gasteiger partial charge in [-0.2, -0.15) is 0 Å². The van der Waals surface area contributed by atoms with Gasteiger partial charge in [0.05, 0.1) is 23.2 Å². The van der Waals surface area contributed by atoms with Crippen LogP contribution in [0, 0.1) is 0 Å². The van der Waals surface area contributed by atoms with Gasteiger partial charge in [-0.15, -0.1) is 0 Å². The highest BCUT2D eigenvalue weighted by Gasteiger charge is 2.29. The van der Waals surface area contributed by atoms with Crippen molar-refractivity contribution in [2.24, 2.45) is 0 Å². The summed E-state index contributed by atoms with van der Waals surface area (Å²) in [6.07, 6.45) is 3.04. The van der Waals surface area contributed by atoms with Crippen molar-refractivity contribution in [2.75, 3.05) is 11.9 Å². The van der Waals surface area contributed by atoms with Crippen LogP contribution < -0.4 is 10.1 Å². The van der Waals surface area contributed by atoms with E-state index in [1.807, 2.05) is 67.6 Å². The van der Waals surface area contributed by atoms with Crippen molar-refractivity contribution < 1.29 is 14.1 Å². The summed E-state index contributed by atoms with van der Waals surface area (Å²) in [5.74, 6) is 0.794. The number of carbonyl (C=O) groups is 1. The first-order chi connectivity index (χ1) is 15.2. The van der Waals surface area contributed by atoms with Gasteiger partial charge in [-0.1, -0.05) is 54.5 Å². The Bertz CT molecular complexity index is 1230. The SMILES string of the molecule is CCCOc1ccccc1NC(=O)c1cc(C2CC2)nc2onc(-c3ccccc3)c12. The molecular weight excluding hydrogens is 390 g/mol. The number of nitrogens with one attached hydrogen (secondary N) is 1. The topological polar surface area (TPSA) is 77.2 Å². The van der Waals surface area contributed by atoms with Crippen LogP contribution in [0.2, 0.25) is 0 Å². The Hall–Kier alpha value is -3.67. The molecule has 31 heavy (non-hydrogen) atoms. The third-order valence-electron chi connectivity index (χ3n) is 5.35. The number of hydrogen-bond donors (Lipinski definition) is 1. The molecule has 0 saturated heterocycles. The van der Waals surface area contributed by atoms with Gasteiger partial charge in [-0.25, -0.2) is 4.98 Å². The third-order valence-corrected chi connectivity index (χ3v) is 5.35. The van der Waals surface area contributed by atoms with Crippen LogP contribution in [0.15, 0.2) is 65.2 Å². The van der Waals surface area contributed by atoms with Gasteiger partial charge in [0.1, 0.15) is 11.4 Å². The molecule has 5 rings (SSSR count). The molecule has 1 aliphatic rings. The number of para-hydroxylation sites is 2. The first kappa shape index (κ1) is 19.3. The number of aromatic nitrogens is 2. The number of hydrogen-bond acceptors (Lipinski definition) is 5. The van der Waals surface area contributed by atoms with Gasteiger partial charge in [0.15, 0.2) is 0 Å². The van der Waals surface area contributed by atoms with Crippen molar-refractivity contribution in [1.29, 1.82) is 0 Å². The fourth-order valence-corrected chi connectivity index (χ4v) is 3.63. The zero-order chi connectivity index (χ0) is 21.2. The summed E-state index contributed by atoms with van der Waals surface area (Å²) in [5.41, 5.74) is 3.91. The maximum absolute atomic E-state index is 13.5. The number of amides is 1. The second-order valence-electron chi connectivity index (χ2n) is 7.75. The molecule has 1 amide bonds. The van der Waals surface area contributed by atoms with Crippen LogP contribution in [-0.2, 0) is 0 Å². The van der Waals surface area contributed by atoms with Crippen molar-refractivity contribution in [1.82, 2.24) is 10.1 Å². The molecule has 156 valence electrons. The molecule has 6 nitrogen and oxygen atoms in total. The summed E-state index contributed by atoms with van der Waals surface area (Å²) in [4.78, 5) is 18.1. The quantitative estimate of drug-likeness (QED) is 0.414. The van der Waals surface area contributed by atoms with E-state index in [9.17, 15) is 4.79 Å². The van der Waals surface area contributed by atoms with Crippen LogP contribution in [0.1, 0.15) is 48.2 Å². The molecule has 2 heterocycles. The maximum atomic E-state index is 13.5. The molecule has 6 heteroatoms. The van der Waals surface area contributed by atoms with Gasteiger partial charge in [0.25, 0.3) is 11.6 Å². The summed E-state index contributed by atoms with van der Waals surface area (Å²) in [5, 5.41) is 7.90. The minimum atomic E-state index is -0.234. The summed E-state index contributed by atoms with van der Waals surface area (Å²) in [6.45, 7) is 2.63. The minimum Gasteiger partial charge on any atom is -0.491 e. The number of nitrogens with zero attached hydrogens (tertiary/aromatic N) is 2. The van der Waals surface area contributed by atoms with E-state index in [0.717, 1.165) is 30.5 Å². The van der Waals surface area contributed by atoms with Crippen molar-refractivity contribution in [3.8, 4) is 17.0 Å². The van der Waals surface area contributed by atoms with Gasteiger partial charge in [0, 0.05) is 17.2 Å². The summed E-state index contributed by atoms with van der Waals surface area (Å²) in [6, 6.07) is 19.1. The highest BCUT2D eigenvalue weighted by Crippen LogP contribution is 2.41. The molecule has 2 aromatic carbocycles. The van der Waals surface area contributed by atoms with E-state index in [0.29, 0.717) is 46.3 Å². The Balaban J connectivity index is 1.58. The average molecular weight is 413 g/mol. The molecule has 0 bridgehead atoms. The lowest BCUT2D eigenvalue weighted by Gasteiger charge is -2.13. The Kier molecular flexibility index (Phi) is 5.12. The monoisotopic (exact) mass is 413 g/mol. The molecule has 0 atom stereocenters. The normalized spacial score (nSPS) is 13.3. The van der Waals surface area contributed by atoms with Gasteiger partial charge >= 0.3 is 0 Å². The van der Waals surface area contributed by atoms with Crippen LogP contribution in [0.4, 0.5) is 5.69 Å². The van der Waals surface area contributed by atoms with Crippen LogP contribution in [0.25, 0.3) is 22.4 Å². The highest BCUT2D eigenvalue weighted by atomic mass is 16.5. The number of anilines is 1. The Morgan fingerprint density at radius 2 is 1.90 bits per heavy atom. The van der Waals surface area contributed by atoms with Crippen molar-refractivity contribution >= 4 is 22.7 Å². The summed E-state index contributed by atoms with van der Waals surface area (Å²) < 4.78 is 11.4. The first-order valence-corrected chi connectivity index (χ1v) is 10.6. The van der Waals surface area contributed by atoms with Gasteiger partial charge < -0.3 is 14.6 Å². The zero-order valence-corrected chi connectivity index (χ0v) is 17.3. The second-order valence-corrected chi connectivity index (χ2v) is 7.75. The number of ether oxygens (including phenoxy) is 1. The Morgan fingerprint density at radius 1 is 1.13 bits per heavy atom. The molecule has 0 unspecified atom stereocenters. The first-order valence-electron chi connectivity index (χ1n) is 10.6. The van der Waals surface area contributed by atoms with E-state index < -0.39 is 0 Å². The fourth-order valence-electron chi connectivity index (χ4n) is 3.63. The Labute approximate surface area is 180 Å². The zero-order valence-electron chi connectivity index (χ0n) is 17.3.